The van der Waals surface area contributed by atoms with E-state index in [-0.39, 0.29) is 11.7 Å². The van der Waals surface area contributed by atoms with Gasteiger partial charge in [0, 0.05) is 10.9 Å². The molecule has 0 unspecified atom stereocenters. The molecule has 0 aliphatic heterocycles. The molecular weight excluding hydrogens is 574 g/mol. The van der Waals surface area contributed by atoms with Gasteiger partial charge in [0.1, 0.15) is 22.7 Å². The molecule has 1 aliphatic rings. The minimum atomic E-state index is -5.84. The van der Waals surface area contributed by atoms with Crippen LogP contribution in [0.1, 0.15) is 57.2 Å². The average Bonchev–Trinajstić information content (AvgIpc) is 2.89. The Labute approximate surface area is 242 Å². The zero-order chi connectivity index (χ0) is 30.9. The number of rotatable bonds is 9. The first-order chi connectivity index (χ1) is 19.5. The number of allylic oxidation sites excluding steroid dienone is 1. The van der Waals surface area contributed by atoms with Gasteiger partial charge >= 0.3 is 21.6 Å². The summed E-state index contributed by atoms with van der Waals surface area (Å²) in [6.07, 6.45) is 2.81. The average molecular weight is 608 g/mol. The number of alkyl halides is 3. The molecule has 0 saturated heterocycles. The lowest BCUT2D eigenvalue weighted by atomic mass is 9.85. The van der Waals surface area contributed by atoms with Crippen molar-refractivity contribution in [3.63, 3.8) is 0 Å². The molecule has 1 N–H and O–H groups in total. The van der Waals surface area contributed by atoms with Gasteiger partial charge in [-0.2, -0.15) is 21.6 Å². The normalized spacial score (nSPS) is 17.2. The number of hydrogen-bond donors (Lipinski definition) is 1. The van der Waals surface area contributed by atoms with Crippen molar-refractivity contribution in [2.75, 3.05) is 6.54 Å². The molecule has 6 nitrogen and oxygen atoms in total. The molecule has 2 atom stereocenters. The summed E-state index contributed by atoms with van der Waals surface area (Å²) in [6, 6.07) is 16.3. The quantitative estimate of drug-likeness (QED) is 0.0929. The third kappa shape index (κ3) is 6.78. The molecule has 1 aliphatic carbocycles. The van der Waals surface area contributed by atoms with Crippen LogP contribution in [0.15, 0.2) is 66.7 Å². The van der Waals surface area contributed by atoms with Gasteiger partial charge in [-0.15, -0.1) is 0 Å². The molecule has 0 heterocycles. The molecule has 0 fully saturated rings. The number of fused-ring (bicyclic) bond motifs is 2. The van der Waals surface area contributed by atoms with Gasteiger partial charge in [0.25, 0.3) is 0 Å². The van der Waals surface area contributed by atoms with Crippen LogP contribution in [0.3, 0.4) is 0 Å². The molecule has 3 aromatic rings. The van der Waals surface area contributed by atoms with Crippen LogP contribution in [0.4, 0.5) is 17.6 Å². The summed E-state index contributed by atoms with van der Waals surface area (Å²) in [6.45, 7) is 7.22. The number of hydrogen-bond acceptors (Lipinski definition) is 6. The number of carbonyl (C=O) groups is 1. The second-order valence-electron chi connectivity index (χ2n) is 11.5. The van der Waals surface area contributed by atoms with Gasteiger partial charge in [-0.25, -0.2) is 9.18 Å². The maximum atomic E-state index is 14.6. The van der Waals surface area contributed by atoms with Crippen LogP contribution in [0, 0.1) is 11.7 Å². The monoisotopic (exact) mass is 607 g/mol. The predicted molar refractivity (Wildman–Crippen MR) is 152 cm³/mol. The molecule has 0 amide bonds. The van der Waals surface area contributed by atoms with Crippen LogP contribution >= 0.6 is 0 Å². The van der Waals surface area contributed by atoms with Crippen LogP contribution in [0.5, 0.6) is 0 Å². The molecule has 0 bridgehead atoms. The van der Waals surface area contributed by atoms with Gasteiger partial charge in [-0.05, 0) is 88.1 Å². The summed E-state index contributed by atoms with van der Waals surface area (Å²) in [7, 11) is -5.84. The highest BCUT2D eigenvalue weighted by atomic mass is 32.2. The van der Waals surface area contributed by atoms with Crippen LogP contribution in [0.25, 0.3) is 16.5 Å². The minimum Gasteiger partial charge on any atom is -0.458 e. The van der Waals surface area contributed by atoms with Gasteiger partial charge in [0.15, 0.2) is 0 Å². The fraction of sp³-hybridized carbons (Fsp3) is 0.387. The van der Waals surface area contributed by atoms with E-state index in [2.05, 4.69) is 9.50 Å². The van der Waals surface area contributed by atoms with Crippen LogP contribution in [-0.2, 0) is 35.8 Å². The van der Waals surface area contributed by atoms with Crippen LogP contribution < -0.4 is 5.32 Å². The predicted octanol–water partition coefficient (Wildman–Crippen LogP) is 6.99. The molecule has 226 valence electrons. The molecule has 0 spiro atoms. The lowest BCUT2D eigenvalue weighted by molar-refractivity contribution is -0.163. The Balaban J connectivity index is 1.56. The van der Waals surface area contributed by atoms with E-state index >= 15 is 0 Å². The molecule has 42 heavy (non-hydrogen) atoms. The zero-order valence-electron chi connectivity index (χ0n) is 23.7. The van der Waals surface area contributed by atoms with Gasteiger partial charge in [0.05, 0.1) is 0 Å². The van der Waals surface area contributed by atoms with Crippen molar-refractivity contribution in [2.45, 2.75) is 63.6 Å². The molecular formula is C31H33F4NO5S. The van der Waals surface area contributed by atoms with E-state index in [0.717, 1.165) is 0 Å². The van der Waals surface area contributed by atoms with E-state index in [1.165, 1.54) is 18.2 Å². The van der Waals surface area contributed by atoms with Crippen molar-refractivity contribution in [2.24, 2.45) is 5.92 Å². The smallest absolute Gasteiger partial charge is 0.458 e. The van der Waals surface area contributed by atoms with Crippen molar-refractivity contribution in [3.05, 3.63) is 89.2 Å². The first-order valence-electron chi connectivity index (χ1n) is 13.5. The largest absolute Gasteiger partial charge is 0.534 e. The van der Waals surface area contributed by atoms with E-state index in [1.807, 2.05) is 0 Å². The lowest BCUT2D eigenvalue weighted by Crippen LogP contribution is -2.50. The van der Waals surface area contributed by atoms with E-state index < -0.39 is 38.6 Å². The fourth-order valence-corrected chi connectivity index (χ4v) is 5.54. The second-order valence-corrected chi connectivity index (χ2v) is 13.0. The third-order valence-corrected chi connectivity index (χ3v) is 8.05. The first-order valence-corrected chi connectivity index (χ1v) is 14.9. The number of carbonyl (C=O) groups excluding carboxylic acids is 1. The summed E-state index contributed by atoms with van der Waals surface area (Å²) in [5.41, 5.74) is -6.21. The van der Waals surface area contributed by atoms with Gasteiger partial charge < -0.3 is 8.92 Å². The standard InChI is InChI=1S/C31H33F4NO5S/c1-29(2,3)40-28(37)30(4,25-15-16-26(32)24-14-8-7-13-23(24)25)36-17-9-10-20-18-21-11-5-6-12-22(21)27(19-20)41-42(38,39)31(33,34)35/h5-8,11-16,19-20,36H,9-10,17-18H2,1-4H3/t20-,30-/m1/s1. The molecule has 11 heteroatoms. The number of ether oxygens (including phenoxy) is 1. The molecule has 4 rings (SSSR count). The van der Waals surface area contributed by atoms with E-state index in [1.54, 1.807) is 76.2 Å². The van der Waals surface area contributed by atoms with Crippen LogP contribution in [0.2, 0.25) is 0 Å². The SMILES string of the molecule is CC(C)(C)OC(=O)[C@](C)(NCCC[C@H]1C=C(OS(=O)(=O)C(F)(F)F)c2ccccc2C1)c1ccc(F)c2ccccc12. The summed E-state index contributed by atoms with van der Waals surface area (Å²) in [5.74, 6) is -1.65. The highest BCUT2D eigenvalue weighted by Crippen LogP contribution is 2.37. The summed E-state index contributed by atoms with van der Waals surface area (Å²) < 4.78 is 87.5. The number of esters is 1. The first kappa shape index (κ1) is 31.5. The summed E-state index contributed by atoms with van der Waals surface area (Å²) in [4.78, 5) is 13.5. The van der Waals surface area contributed by atoms with Gasteiger partial charge in [-0.3, -0.25) is 5.32 Å². The van der Waals surface area contributed by atoms with Gasteiger partial charge in [-0.1, -0.05) is 54.6 Å². The zero-order valence-corrected chi connectivity index (χ0v) is 24.5. The van der Waals surface area contributed by atoms with E-state index in [9.17, 15) is 30.8 Å². The van der Waals surface area contributed by atoms with Crippen molar-refractivity contribution in [1.29, 1.82) is 0 Å². The molecule has 0 aromatic heterocycles. The Bertz CT molecular complexity index is 1610. The maximum Gasteiger partial charge on any atom is 0.534 e. The lowest BCUT2D eigenvalue weighted by Gasteiger charge is -2.34. The van der Waals surface area contributed by atoms with Crippen molar-refractivity contribution in [1.82, 2.24) is 5.32 Å². The second kappa shape index (κ2) is 11.7. The highest BCUT2D eigenvalue weighted by Gasteiger charge is 2.49. The summed E-state index contributed by atoms with van der Waals surface area (Å²) in [5, 5.41) is 4.19. The van der Waals surface area contributed by atoms with E-state index in [4.69, 9.17) is 4.74 Å². The van der Waals surface area contributed by atoms with Crippen LogP contribution in [-0.4, -0.2) is 32.0 Å². The number of nitrogens with one attached hydrogen (secondary N) is 1. The topological polar surface area (TPSA) is 81.7 Å². The highest BCUT2D eigenvalue weighted by molar-refractivity contribution is 7.87. The maximum absolute atomic E-state index is 14.6. The van der Waals surface area contributed by atoms with E-state index in [0.29, 0.717) is 53.3 Å². The van der Waals surface area contributed by atoms with Gasteiger partial charge in [0.2, 0.25) is 0 Å². The molecule has 0 radical (unpaired) electrons. The minimum absolute atomic E-state index is 0.292. The summed E-state index contributed by atoms with van der Waals surface area (Å²) >= 11 is 0. The molecule has 3 aromatic carbocycles. The number of halogens is 4. The Kier molecular flexibility index (Phi) is 8.76. The Morgan fingerprint density at radius 2 is 1.60 bits per heavy atom. The Hall–Kier alpha value is -3.44. The van der Waals surface area contributed by atoms with Crippen molar-refractivity contribution >= 4 is 32.6 Å². The number of benzene rings is 3. The Morgan fingerprint density at radius 1 is 0.952 bits per heavy atom. The fourth-order valence-electron chi connectivity index (χ4n) is 5.07. The molecule has 0 saturated carbocycles. The van der Waals surface area contributed by atoms with Crippen molar-refractivity contribution < 1.29 is 39.7 Å². The Morgan fingerprint density at radius 3 is 2.26 bits per heavy atom. The third-order valence-electron chi connectivity index (χ3n) is 7.08. The van der Waals surface area contributed by atoms with Crippen molar-refractivity contribution in [3.8, 4) is 0 Å².